The second kappa shape index (κ2) is 3.81. The number of ether oxygens (including phenoxy) is 1. The van der Waals surface area contributed by atoms with Crippen LogP contribution in [0.4, 0.5) is 5.69 Å². The lowest BCUT2D eigenvalue weighted by molar-refractivity contribution is -0.142. The molecule has 0 aliphatic carbocycles. The van der Waals surface area contributed by atoms with Gasteiger partial charge in [-0.15, -0.1) is 0 Å². The van der Waals surface area contributed by atoms with E-state index >= 15 is 0 Å². The highest BCUT2D eigenvalue weighted by molar-refractivity contribution is 6.07. The van der Waals surface area contributed by atoms with Crippen LogP contribution in [0.1, 0.15) is 12.0 Å². The molecule has 5 nitrogen and oxygen atoms in total. The van der Waals surface area contributed by atoms with E-state index in [1.54, 1.807) is 0 Å². The van der Waals surface area contributed by atoms with Crippen LogP contribution in [0, 0.1) is 0 Å². The van der Waals surface area contributed by atoms with E-state index < -0.39 is 11.5 Å². The monoisotopic (exact) mass is 246 g/mol. The Kier molecular flexibility index (Phi) is 2.38. The molecule has 2 aliphatic rings. The molecule has 1 spiro atoms. The summed E-state index contributed by atoms with van der Waals surface area (Å²) < 4.78 is 4.73. The first-order valence-electron chi connectivity index (χ1n) is 5.89. The van der Waals surface area contributed by atoms with Crippen molar-refractivity contribution < 1.29 is 14.3 Å². The molecule has 0 bridgehead atoms. The zero-order chi connectivity index (χ0) is 12.8. The first kappa shape index (κ1) is 11.2. The third-order valence-corrected chi connectivity index (χ3v) is 3.81. The van der Waals surface area contributed by atoms with Crippen LogP contribution in [-0.2, 0) is 19.7 Å². The molecule has 1 aromatic carbocycles. The lowest BCUT2D eigenvalue weighted by Gasteiger charge is -2.19. The zero-order valence-corrected chi connectivity index (χ0v) is 10.0. The molecule has 0 saturated carbocycles. The summed E-state index contributed by atoms with van der Waals surface area (Å²) in [5, 5.41) is 5.95. The average molecular weight is 246 g/mol. The van der Waals surface area contributed by atoms with Gasteiger partial charge < -0.3 is 15.4 Å². The van der Waals surface area contributed by atoms with Crippen molar-refractivity contribution in [1.29, 1.82) is 0 Å². The summed E-state index contributed by atoms with van der Waals surface area (Å²) in [5.74, 6) is -0.355. The van der Waals surface area contributed by atoms with Gasteiger partial charge in [0, 0.05) is 12.2 Å². The van der Waals surface area contributed by atoms with Gasteiger partial charge in [-0.3, -0.25) is 9.59 Å². The Morgan fingerprint density at radius 1 is 1.44 bits per heavy atom. The molecule has 0 radical (unpaired) electrons. The van der Waals surface area contributed by atoms with Crippen LogP contribution in [0.3, 0.4) is 0 Å². The van der Waals surface area contributed by atoms with Crippen molar-refractivity contribution >= 4 is 17.6 Å². The lowest BCUT2D eigenvalue weighted by atomic mass is 9.79. The van der Waals surface area contributed by atoms with Gasteiger partial charge in [0.15, 0.2) is 0 Å². The summed E-state index contributed by atoms with van der Waals surface area (Å²) in [6.45, 7) is 0.468. The maximum atomic E-state index is 12.2. The van der Waals surface area contributed by atoms with E-state index in [0.29, 0.717) is 13.0 Å². The lowest BCUT2D eigenvalue weighted by Crippen LogP contribution is -2.36. The second-order valence-corrected chi connectivity index (χ2v) is 4.74. The number of hydrogen-bond acceptors (Lipinski definition) is 4. The number of esters is 1. The first-order chi connectivity index (χ1) is 8.67. The van der Waals surface area contributed by atoms with Gasteiger partial charge in [-0.05, 0) is 18.1 Å². The highest BCUT2D eigenvalue weighted by Gasteiger charge is 2.53. The van der Waals surface area contributed by atoms with Crippen LogP contribution in [0.5, 0.6) is 0 Å². The second-order valence-electron chi connectivity index (χ2n) is 4.74. The van der Waals surface area contributed by atoms with Gasteiger partial charge in [-0.2, -0.15) is 0 Å². The molecule has 2 atom stereocenters. The van der Waals surface area contributed by atoms with Crippen molar-refractivity contribution in [2.45, 2.75) is 17.9 Å². The molecule has 3 rings (SSSR count). The molecule has 1 saturated heterocycles. The van der Waals surface area contributed by atoms with E-state index in [1.165, 1.54) is 7.11 Å². The van der Waals surface area contributed by atoms with Crippen LogP contribution < -0.4 is 10.6 Å². The van der Waals surface area contributed by atoms with Crippen LogP contribution in [0.25, 0.3) is 0 Å². The van der Waals surface area contributed by atoms with Crippen molar-refractivity contribution in [3.05, 3.63) is 29.8 Å². The number of anilines is 1. The molecule has 1 aromatic rings. The normalized spacial score (nSPS) is 29.2. The van der Waals surface area contributed by atoms with E-state index in [2.05, 4.69) is 10.6 Å². The number of para-hydroxylation sites is 1. The zero-order valence-electron chi connectivity index (χ0n) is 10.0. The number of carbonyl (C=O) groups excluding carboxylic acids is 2. The van der Waals surface area contributed by atoms with Crippen molar-refractivity contribution in [2.75, 3.05) is 19.0 Å². The number of carbonyl (C=O) groups is 2. The van der Waals surface area contributed by atoms with Crippen molar-refractivity contribution in [3.63, 3.8) is 0 Å². The summed E-state index contributed by atoms with van der Waals surface area (Å²) >= 11 is 0. The Hall–Kier alpha value is -1.88. The molecule has 18 heavy (non-hydrogen) atoms. The number of hydrogen-bond donors (Lipinski definition) is 2. The molecular weight excluding hydrogens is 232 g/mol. The Balaban J connectivity index is 1.97. The van der Waals surface area contributed by atoms with Gasteiger partial charge in [0.2, 0.25) is 5.91 Å². The Labute approximate surface area is 105 Å². The predicted molar refractivity (Wildman–Crippen MR) is 65.2 cm³/mol. The molecule has 2 N–H and O–H groups in total. The largest absolute Gasteiger partial charge is 0.468 e. The van der Waals surface area contributed by atoms with Crippen LogP contribution in [0.2, 0.25) is 0 Å². The van der Waals surface area contributed by atoms with Crippen LogP contribution in [-0.4, -0.2) is 31.6 Å². The first-order valence-corrected chi connectivity index (χ1v) is 5.89. The van der Waals surface area contributed by atoms with E-state index in [1.807, 2.05) is 24.3 Å². The predicted octanol–water partition coefficient (Wildman–Crippen LogP) is 0.411. The van der Waals surface area contributed by atoms with E-state index in [0.717, 1.165) is 11.3 Å². The fraction of sp³-hybridized carbons (Fsp3) is 0.385. The topological polar surface area (TPSA) is 67.4 Å². The van der Waals surface area contributed by atoms with Crippen molar-refractivity contribution in [2.24, 2.45) is 0 Å². The third-order valence-electron chi connectivity index (χ3n) is 3.81. The molecule has 0 unspecified atom stereocenters. The SMILES string of the molecule is COC(=O)[C@H]1C[C@]2(CN1)C(=O)Nc1ccccc12. The van der Waals surface area contributed by atoms with Gasteiger partial charge in [0.1, 0.15) is 6.04 Å². The molecule has 2 aliphatic heterocycles. The minimum Gasteiger partial charge on any atom is -0.468 e. The van der Waals surface area contributed by atoms with Gasteiger partial charge in [0.25, 0.3) is 0 Å². The van der Waals surface area contributed by atoms with E-state index in [-0.39, 0.29) is 11.9 Å². The van der Waals surface area contributed by atoms with E-state index in [4.69, 9.17) is 4.74 Å². The average Bonchev–Trinajstić information content (AvgIpc) is 2.94. The quantitative estimate of drug-likeness (QED) is 0.704. The molecular formula is C13H14N2O3. The summed E-state index contributed by atoms with van der Waals surface area (Å²) in [5.41, 5.74) is 1.18. The smallest absolute Gasteiger partial charge is 0.322 e. The number of benzene rings is 1. The molecule has 1 fully saturated rings. The molecule has 5 heteroatoms. The van der Waals surface area contributed by atoms with Gasteiger partial charge in [-0.25, -0.2) is 0 Å². The Bertz CT molecular complexity index is 529. The van der Waals surface area contributed by atoms with Crippen LogP contribution >= 0.6 is 0 Å². The number of rotatable bonds is 1. The molecule has 0 aromatic heterocycles. The summed E-state index contributed by atoms with van der Waals surface area (Å²) in [4.78, 5) is 23.8. The Morgan fingerprint density at radius 2 is 2.22 bits per heavy atom. The van der Waals surface area contributed by atoms with Crippen molar-refractivity contribution in [1.82, 2.24) is 5.32 Å². The molecule has 94 valence electrons. The number of fused-ring (bicyclic) bond motifs is 2. The van der Waals surface area contributed by atoms with Gasteiger partial charge >= 0.3 is 5.97 Å². The van der Waals surface area contributed by atoms with E-state index in [9.17, 15) is 9.59 Å². The van der Waals surface area contributed by atoms with Gasteiger partial charge in [0.05, 0.1) is 12.5 Å². The maximum Gasteiger partial charge on any atom is 0.322 e. The minimum atomic E-state index is -0.630. The maximum absolute atomic E-state index is 12.2. The Morgan fingerprint density at radius 3 is 3.00 bits per heavy atom. The number of methoxy groups -OCH3 is 1. The van der Waals surface area contributed by atoms with Crippen LogP contribution in [0.15, 0.2) is 24.3 Å². The highest BCUT2D eigenvalue weighted by atomic mass is 16.5. The van der Waals surface area contributed by atoms with Gasteiger partial charge in [-0.1, -0.05) is 18.2 Å². The number of amides is 1. The fourth-order valence-electron chi connectivity index (χ4n) is 2.85. The number of nitrogens with one attached hydrogen (secondary N) is 2. The summed E-state index contributed by atoms with van der Waals surface area (Å²) in [6.07, 6.45) is 0.447. The van der Waals surface area contributed by atoms with Crippen molar-refractivity contribution in [3.8, 4) is 0 Å². The highest BCUT2D eigenvalue weighted by Crippen LogP contribution is 2.43. The summed E-state index contributed by atoms with van der Waals surface area (Å²) in [7, 11) is 1.36. The standard InChI is InChI=1S/C13H14N2O3/c1-18-11(16)10-6-13(7-14-10)8-4-2-3-5-9(8)15-12(13)17/h2-5,10,14H,6-7H2,1H3,(H,15,17)/t10-,13-/m1/s1. The molecule has 2 heterocycles. The third kappa shape index (κ3) is 1.37. The minimum absolute atomic E-state index is 0.0393. The summed E-state index contributed by atoms with van der Waals surface area (Å²) in [6, 6.07) is 7.21. The molecule has 1 amide bonds. The fourth-order valence-corrected chi connectivity index (χ4v) is 2.85.